The van der Waals surface area contributed by atoms with Crippen molar-refractivity contribution in [2.75, 3.05) is 26.3 Å². The van der Waals surface area contributed by atoms with E-state index in [4.69, 9.17) is 20.2 Å². The van der Waals surface area contributed by atoms with Crippen molar-refractivity contribution in [3.63, 3.8) is 0 Å². The molecule has 36 heavy (non-hydrogen) atoms. The van der Waals surface area contributed by atoms with Crippen molar-refractivity contribution in [1.29, 1.82) is 0 Å². The van der Waals surface area contributed by atoms with Gasteiger partial charge in [0.25, 0.3) is 0 Å². The molecule has 0 saturated carbocycles. The van der Waals surface area contributed by atoms with E-state index in [-0.39, 0.29) is 18.2 Å². The van der Waals surface area contributed by atoms with Gasteiger partial charge in [0.1, 0.15) is 10.8 Å². The van der Waals surface area contributed by atoms with E-state index in [0.717, 1.165) is 39.6 Å². The lowest BCUT2D eigenvalue weighted by Gasteiger charge is -2.28. The Hall–Kier alpha value is -3.54. The number of carbonyl (C=O) groups excluding carboxylic acids is 1. The maximum atomic E-state index is 12.8. The summed E-state index contributed by atoms with van der Waals surface area (Å²) in [6, 6.07) is 14.8. The summed E-state index contributed by atoms with van der Waals surface area (Å²) >= 11 is 1.65. The molecule has 2 amide bonds. The molecule has 1 fully saturated rings. The van der Waals surface area contributed by atoms with Crippen LogP contribution < -0.4 is 15.8 Å². The van der Waals surface area contributed by atoms with Crippen LogP contribution in [0.3, 0.4) is 0 Å². The molecular weight excluding hydrogens is 472 g/mol. The third-order valence-corrected chi connectivity index (χ3v) is 7.51. The van der Waals surface area contributed by atoms with E-state index in [1.807, 2.05) is 43.1 Å². The predicted molar refractivity (Wildman–Crippen MR) is 142 cm³/mol. The highest BCUT2D eigenvalue weighted by Crippen LogP contribution is 2.41. The molecule has 1 aromatic heterocycles. The van der Waals surface area contributed by atoms with Crippen LogP contribution in [-0.2, 0) is 11.2 Å². The van der Waals surface area contributed by atoms with Crippen LogP contribution in [0.15, 0.2) is 42.6 Å². The first-order valence-electron chi connectivity index (χ1n) is 12.3. The minimum Gasteiger partial charge on any atom is -0.490 e. The molecule has 5 rings (SSSR count). The predicted octanol–water partition coefficient (Wildman–Crippen LogP) is 4.56. The van der Waals surface area contributed by atoms with E-state index in [1.54, 1.807) is 11.3 Å². The number of fused-ring (bicyclic) bond motifs is 1. The van der Waals surface area contributed by atoms with Crippen molar-refractivity contribution < 1.29 is 14.3 Å². The summed E-state index contributed by atoms with van der Waals surface area (Å²) in [4.78, 5) is 20.4. The smallest absolute Gasteiger partial charge is 0.318 e. The summed E-state index contributed by atoms with van der Waals surface area (Å²) < 4.78 is 11.2. The lowest BCUT2D eigenvalue weighted by Crippen LogP contribution is -2.46. The molecule has 1 saturated heterocycles. The molecule has 2 aromatic carbocycles. The molecule has 1 aliphatic heterocycles. The third kappa shape index (κ3) is 5.03. The van der Waals surface area contributed by atoms with Gasteiger partial charge < -0.3 is 25.4 Å². The Balaban J connectivity index is 1.38. The highest BCUT2D eigenvalue weighted by molar-refractivity contribution is 7.18. The van der Waals surface area contributed by atoms with Crippen LogP contribution in [0.1, 0.15) is 43.0 Å². The average molecular weight is 503 g/mol. The summed E-state index contributed by atoms with van der Waals surface area (Å²) in [6.07, 6.45) is 3.79. The maximum absolute atomic E-state index is 12.8. The topological polar surface area (TPSA) is 89.7 Å². The molecule has 2 heterocycles. The summed E-state index contributed by atoms with van der Waals surface area (Å²) in [5.74, 6) is 3.66. The van der Waals surface area contributed by atoms with Crippen molar-refractivity contribution in [2.45, 2.75) is 38.8 Å². The first-order chi connectivity index (χ1) is 17.5. The number of amides is 2. The molecule has 0 unspecified atom stereocenters. The van der Waals surface area contributed by atoms with Crippen molar-refractivity contribution in [3.05, 3.63) is 59.3 Å². The number of nitrogens with zero attached hydrogens (tertiary/aromatic N) is 2. The van der Waals surface area contributed by atoms with Gasteiger partial charge in [-0.2, -0.15) is 0 Å². The fraction of sp³-hybridized carbons (Fsp3) is 0.357. The van der Waals surface area contributed by atoms with Gasteiger partial charge in [0.15, 0.2) is 0 Å². The number of aromatic nitrogens is 1. The SMILES string of the molecule is CC(C)Oc1ccc(-c2ncc(-c3cccc4c3CC[C@@H]4NC(=O)N3CCOCC3)s2)cc1C#CN. The van der Waals surface area contributed by atoms with Gasteiger partial charge in [-0.3, -0.25) is 0 Å². The molecular formula is C28H30N4O3S. The van der Waals surface area contributed by atoms with E-state index in [2.05, 4.69) is 35.5 Å². The number of rotatable bonds is 5. The Morgan fingerprint density at radius 1 is 1.28 bits per heavy atom. The first kappa shape index (κ1) is 24.2. The second-order valence-electron chi connectivity index (χ2n) is 9.19. The number of nitrogens with two attached hydrogens (primary N) is 1. The molecule has 0 radical (unpaired) electrons. The van der Waals surface area contributed by atoms with Crippen molar-refractivity contribution in [2.24, 2.45) is 5.73 Å². The zero-order valence-corrected chi connectivity index (χ0v) is 21.4. The van der Waals surface area contributed by atoms with E-state index >= 15 is 0 Å². The number of carbonyl (C=O) groups is 1. The Kier molecular flexibility index (Phi) is 7.12. The molecule has 0 bridgehead atoms. The zero-order valence-electron chi connectivity index (χ0n) is 20.5. The minimum absolute atomic E-state index is 0.0112. The number of benzene rings is 2. The Labute approximate surface area is 215 Å². The largest absolute Gasteiger partial charge is 0.490 e. The third-order valence-electron chi connectivity index (χ3n) is 6.43. The molecule has 2 aliphatic rings. The zero-order chi connectivity index (χ0) is 25.1. The van der Waals surface area contributed by atoms with Gasteiger partial charge in [0.2, 0.25) is 0 Å². The van der Waals surface area contributed by atoms with E-state index < -0.39 is 0 Å². The quantitative estimate of drug-likeness (QED) is 0.394. The minimum atomic E-state index is -0.0112. The molecule has 1 aliphatic carbocycles. The summed E-state index contributed by atoms with van der Waals surface area (Å²) in [7, 11) is 0. The summed E-state index contributed by atoms with van der Waals surface area (Å²) in [5.41, 5.74) is 10.9. The number of morpholine rings is 1. The number of hydrogen-bond donors (Lipinski definition) is 2. The Bertz CT molecular complexity index is 1320. The van der Waals surface area contributed by atoms with Crippen molar-refractivity contribution in [3.8, 4) is 38.7 Å². The van der Waals surface area contributed by atoms with Gasteiger partial charge in [0.05, 0.1) is 35.8 Å². The van der Waals surface area contributed by atoms with E-state index in [1.165, 1.54) is 16.7 Å². The highest BCUT2D eigenvalue weighted by atomic mass is 32.1. The van der Waals surface area contributed by atoms with Crippen LogP contribution in [0, 0.1) is 12.0 Å². The normalized spacial score (nSPS) is 16.9. The van der Waals surface area contributed by atoms with E-state index in [9.17, 15) is 4.79 Å². The highest BCUT2D eigenvalue weighted by Gasteiger charge is 2.28. The monoisotopic (exact) mass is 502 g/mol. The van der Waals surface area contributed by atoms with Crippen LogP contribution in [0.2, 0.25) is 0 Å². The average Bonchev–Trinajstić information content (AvgIpc) is 3.53. The summed E-state index contributed by atoms with van der Waals surface area (Å²) in [5, 5.41) is 4.15. The number of nitrogens with one attached hydrogen (secondary N) is 1. The standard InChI is InChI=1S/C28H30N4O3S/c1-18(2)35-25-9-6-20(16-19(25)10-11-29)27-30-17-26(36-27)23-5-3-4-22-21(23)7-8-24(22)31-28(33)32-12-14-34-15-13-32/h3-6,9,16-18,24H,7-8,12-15,29H2,1-2H3,(H,31,33)/t24-/m0/s1. The molecule has 186 valence electrons. The Morgan fingerprint density at radius 3 is 2.89 bits per heavy atom. The van der Waals surface area contributed by atoms with Crippen molar-refractivity contribution >= 4 is 17.4 Å². The lowest BCUT2D eigenvalue weighted by atomic mass is 10.0. The van der Waals surface area contributed by atoms with Crippen LogP contribution >= 0.6 is 11.3 Å². The number of ether oxygens (including phenoxy) is 2. The second kappa shape index (κ2) is 10.6. The molecule has 8 heteroatoms. The molecule has 0 spiro atoms. The van der Waals surface area contributed by atoms with Gasteiger partial charge in [-0.05, 0) is 67.5 Å². The van der Waals surface area contributed by atoms with Crippen LogP contribution in [0.5, 0.6) is 5.75 Å². The fourth-order valence-electron chi connectivity index (χ4n) is 4.77. The van der Waals surface area contributed by atoms with Gasteiger partial charge in [-0.1, -0.05) is 18.2 Å². The van der Waals surface area contributed by atoms with Crippen LogP contribution in [0.25, 0.3) is 21.0 Å². The van der Waals surface area contributed by atoms with E-state index in [0.29, 0.717) is 26.3 Å². The second-order valence-corrected chi connectivity index (χ2v) is 10.2. The fourth-order valence-corrected chi connectivity index (χ4v) is 5.73. The molecule has 3 N–H and O–H groups in total. The number of hydrogen-bond acceptors (Lipinski definition) is 6. The van der Waals surface area contributed by atoms with Crippen molar-refractivity contribution in [1.82, 2.24) is 15.2 Å². The van der Waals surface area contributed by atoms with Gasteiger partial charge in [0, 0.05) is 30.9 Å². The van der Waals surface area contributed by atoms with Crippen LogP contribution in [0.4, 0.5) is 4.79 Å². The first-order valence-corrected chi connectivity index (χ1v) is 13.1. The van der Waals surface area contributed by atoms with Crippen LogP contribution in [-0.4, -0.2) is 48.3 Å². The molecule has 7 nitrogen and oxygen atoms in total. The van der Waals surface area contributed by atoms with Gasteiger partial charge in [-0.25, -0.2) is 9.78 Å². The maximum Gasteiger partial charge on any atom is 0.318 e. The molecule has 1 atom stereocenters. The lowest BCUT2D eigenvalue weighted by molar-refractivity contribution is 0.0525. The summed E-state index contributed by atoms with van der Waals surface area (Å²) in [6.45, 7) is 6.44. The molecule has 3 aromatic rings. The number of urea groups is 1. The van der Waals surface area contributed by atoms with Gasteiger partial charge in [-0.15, -0.1) is 11.3 Å². The Morgan fingerprint density at radius 2 is 2.11 bits per heavy atom. The number of thiazole rings is 1. The van der Waals surface area contributed by atoms with Gasteiger partial charge >= 0.3 is 6.03 Å².